The zero-order valence-electron chi connectivity index (χ0n) is 15.1. The summed E-state index contributed by atoms with van der Waals surface area (Å²) in [4.78, 5) is 0. The van der Waals surface area contributed by atoms with Crippen molar-refractivity contribution in [1.82, 2.24) is 0 Å². The molecule has 0 aliphatic heterocycles. The van der Waals surface area contributed by atoms with E-state index in [-0.39, 0.29) is 0 Å². The third-order valence-corrected chi connectivity index (χ3v) is 10.9. The topological polar surface area (TPSA) is 0 Å². The Labute approximate surface area is 130 Å². The Bertz CT molecular complexity index is 190. The molecule has 0 bridgehead atoms. The van der Waals surface area contributed by atoms with Crippen molar-refractivity contribution in [3.63, 3.8) is 0 Å². The maximum atomic E-state index is 2.51. The van der Waals surface area contributed by atoms with E-state index in [1.165, 1.54) is 70.6 Å². The Kier molecular flexibility index (Phi) is 14.7. The van der Waals surface area contributed by atoms with E-state index < -0.39 is 7.26 Å². The summed E-state index contributed by atoms with van der Waals surface area (Å²) in [7, 11) is -0.901. The fourth-order valence-electron chi connectivity index (χ4n) is 3.49. The second-order valence-electron chi connectivity index (χ2n) is 6.93. The molecule has 0 saturated carbocycles. The summed E-state index contributed by atoms with van der Waals surface area (Å²) in [6.45, 7) is 9.52. The normalized spacial score (nSPS) is 12.8. The molecule has 0 aliphatic rings. The van der Waals surface area contributed by atoms with Crippen molar-refractivity contribution in [2.45, 2.75) is 98.3 Å². The molecule has 1 heteroatoms. The average molecular weight is 303 g/mol. The van der Waals surface area contributed by atoms with E-state index in [2.05, 4.69) is 27.7 Å². The van der Waals surface area contributed by atoms with E-state index in [0.29, 0.717) is 0 Å². The van der Waals surface area contributed by atoms with Crippen molar-refractivity contribution in [2.24, 2.45) is 0 Å². The quantitative estimate of drug-likeness (QED) is 0.223. The second-order valence-corrected chi connectivity index (χ2v) is 12.1. The van der Waals surface area contributed by atoms with Gasteiger partial charge in [0.05, 0.1) is 0 Å². The summed E-state index contributed by atoms with van der Waals surface area (Å²) in [5.41, 5.74) is 0. The molecule has 0 N–H and O–H groups in total. The van der Waals surface area contributed by atoms with Crippen LogP contribution in [0.1, 0.15) is 98.3 Å². The molecule has 0 aromatic carbocycles. The van der Waals surface area contributed by atoms with E-state index in [9.17, 15) is 0 Å². The molecule has 0 aromatic rings. The summed E-state index contributed by atoms with van der Waals surface area (Å²) in [6, 6.07) is 0. The summed E-state index contributed by atoms with van der Waals surface area (Å²) in [5.74, 6) is 0. The van der Waals surface area contributed by atoms with Crippen LogP contribution in [0.15, 0.2) is 0 Å². The molecule has 0 amide bonds. The number of rotatable bonds is 15. The minimum atomic E-state index is -0.901. The van der Waals surface area contributed by atoms with Crippen molar-refractivity contribution in [3.8, 4) is 0 Å². The Balaban J connectivity index is 4.12. The molecule has 0 aromatic heterocycles. The van der Waals surface area contributed by atoms with Crippen LogP contribution in [-0.4, -0.2) is 24.6 Å². The van der Waals surface area contributed by atoms with E-state index in [4.69, 9.17) is 0 Å². The Morgan fingerprint density at radius 1 is 0.450 bits per heavy atom. The SMILES string of the molecule is CCCCCCC[PH](CC)(CCCC)CCCCCC. The number of unbranched alkanes of at least 4 members (excludes halogenated alkanes) is 8. The van der Waals surface area contributed by atoms with Gasteiger partial charge < -0.3 is 0 Å². The molecular weight excluding hydrogens is 259 g/mol. The molecule has 0 aliphatic carbocycles. The average Bonchev–Trinajstić information content (AvgIpc) is 2.48. The molecule has 0 atom stereocenters. The van der Waals surface area contributed by atoms with Gasteiger partial charge in [0.25, 0.3) is 0 Å². The summed E-state index contributed by atoms with van der Waals surface area (Å²) in [5, 5.41) is 0. The molecule has 0 unspecified atom stereocenters. The van der Waals surface area contributed by atoms with Crippen LogP contribution in [0, 0.1) is 0 Å². The van der Waals surface area contributed by atoms with Crippen molar-refractivity contribution >= 4 is 7.26 Å². The van der Waals surface area contributed by atoms with Gasteiger partial charge in [-0.3, -0.25) is 0 Å². The summed E-state index contributed by atoms with van der Waals surface area (Å²) < 4.78 is 0. The summed E-state index contributed by atoms with van der Waals surface area (Å²) in [6.07, 6.45) is 22.6. The zero-order valence-corrected chi connectivity index (χ0v) is 16.1. The first-order valence-corrected chi connectivity index (χ1v) is 12.6. The van der Waals surface area contributed by atoms with Crippen LogP contribution in [0.25, 0.3) is 0 Å². The van der Waals surface area contributed by atoms with Gasteiger partial charge in [0.15, 0.2) is 0 Å². The number of hydrogen-bond acceptors (Lipinski definition) is 0. The third-order valence-electron chi connectivity index (χ3n) is 5.18. The molecule has 0 rings (SSSR count). The van der Waals surface area contributed by atoms with Crippen LogP contribution in [-0.2, 0) is 0 Å². The Hall–Kier alpha value is 0.430. The third kappa shape index (κ3) is 10.2. The Morgan fingerprint density at radius 2 is 0.850 bits per heavy atom. The first-order chi connectivity index (χ1) is 9.74. The molecule has 0 fully saturated rings. The second kappa shape index (κ2) is 14.4. The van der Waals surface area contributed by atoms with E-state index in [0.717, 1.165) is 0 Å². The van der Waals surface area contributed by atoms with Gasteiger partial charge in [-0.25, -0.2) is 0 Å². The minimum absolute atomic E-state index is 0.901. The molecule has 0 saturated heterocycles. The van der Waals surface area contributed by atoms with Gasteiger partial charge in [-0.2, -0.15) is 0 Å². The molecule has 0 radical (unpaired) electrons. The van der Waals surface area contributed by atoms with Crippen LogP contribution < -0.4 is 0 Å². The van der Waals surface area contributed by atoms with Crippen molar-refractivity contribution in [1.29, 1.82) is 0 Å². The van der Waals surface area contributed by atoms with Crippen molar-refractivity contribution in [2.75, 3.05) is 24.6 Å². The van der Waals surface area contributed by atoms with E-state index in [1.54, 1.807) is 24.6 Å². The molecular formula is C19H43P. The van der Waals surface area contributed by atoms with Crippen LogP contribution >= 0.6 is 7.26 Å². The van der Waals surface area contributed by atoms with Crippen molar-refractivity contribution in [3.05, 3.63) is 0 Å². The van der Waals surface area contributed by atoms with Gasteiger partial charge in [0.2, 0.25) is 0 Å². The monoisotopic (exact) mass is 302 g/mol. The van der Waals surface area contributed by atoms with E-state index in [1.807, 2.05) is 0 Å². The van der Waals surface area contributed by atoms with Gasteiger partial charge >= 0.3 is 130 Å². The van der Waals surface area contributed by atoms with Gasteiger partial charge in [0.1, 0.15) is 0 Å². The van der Waals surface area contributed by atoms with Gasteiger partial charge in [-0.15, -0.1) is 0 Å². The van der Waals surface area contributed by atoms with Crippen LogP contribution in [0.3, 0.4) is 0 Å². The van der Waals surface area contributed by atoms with Gasteiger partial charge in [-0.1, -0.05) is 0 Å². The summed E-state index contributed by atoms with van der Waals surface area (Å²) >= 11 is 0. The molecule has 0 nitrogen and oxygen atoms in total. The maximum absolute atomic E-state index is 2.51. The van der Waals surface area contributed by atoms with Gasteiger partial charge in [0, 0.05) is 0 Å². The zero-order chi connectivity index (χ0) is 15.1. The predicted octanol–water partition coefficient (Wildman–Crippen LogP) is 7.11. The first kappa shape index (κ1) is 20.4. The molecule has 20 heavy (non-hydrogen) atoms. The standard InChI is InChI=1S/C19H43P/c1-5-9-12-14-16-19-20(8-4,17-11-7-3)18-15-13-10-6-2/h20H,5-19H2,1-4H3. The Morgan fingerprint density at radius 3 is 1.30 bits per heavy atom. The molecule has 0 heterocycles. The molecule has 0 spiro atoms. The molecule has 124 valence electrons. The van der Waals surface area contributed by atoms with Crippen LogP contribution in [0.4, 0.5) is 0 Å². The predicted molar refractivity (Wildman–Crippen MR) is 101 cm³/mol. The first-order valence-electron chi connectivity index (χ1n) is 9.74. The fraction of sp³-hybridized carbons (Fsp3) is 1.00. The fourth-order valence-corrected chi connectivity index (χ4v) is 8.40. The van der Waals surface area contributed by atoms with E-state index >= 15 is 0 Å². The number of hydrogen-bond donors (Lipinski definition) is 0. The van der Waals surface area contributed by atoms with Crippen molar-refractivity contribution < 1.29 is 0 Å². The van der Waals surface area contributed by atoms with Crippen LogP contribution in [0.5, 0.6) is 0 Å². The van der Waals surface area contributed by atoms with Crippen LogP contribution in [0.2, 0.25) is 0 Å². The van der Waals surface area contributed by atoms with Gasteiger partial charge in [-0.05, 0) is 0 Å².